The van der Waals surface area contributed by atoms with E-state index in [9.17, 15) is 10.2 Å². The number of rotatable bonds is 4. The SMILES string of the molecule is CCCCC1OCC2O[C@H](OC)C(O)[C@@H](O)[C@@H]2O1. The van der Waals surface area contributed by atoms with Crippen LogP contribution in [0.4, 0.5) is 0 Å². The zero-order valence-corrected chi connectivity index (χ0v) is 10.8. The zero-order chi connectivity index (χ0) is 13.1. The molecule has 18 heavy (non-hydrogen) atoms. The molecule has 0 aromatic rings. The van der Waals surface area contributed by atoms with E-state index >= 15 is 0 Å². The van der Waals surface area contributed by atoms with Crippen LogP contribution >= 0.6 is 0 Å². The van der Waals surface area contributed by atoms with Crippen molar-refractivity contribution in [3.63, 3.8) is 0 Å². The predicted octanol–water partition coefficient (Wildman–Crippen LogP) is 0.0112. The number of methoxy groups -OCH3 is 1. The quantitative estimate of drug-likeness (QED) is 0.743. The van der Waals surface area contributed by atoms with Crippen LogP contribution in [0.5, 0.6) is 0 Å². The molecule has 0 bridgehead atoms. The molecule has 0 aromatic carbocycles. The van der Waals surface area contributed by atoms with Crippen molar-refractivity contribution in [3.8, 4) is 0 Å². The van der Waals surface area contributed by atoms with Crippen molar-refractivity contribution < 1.29 is 29.2 Å². The van der Waals surface area contributed by atoms with E-state index in [1.54, 1.807) is 0 Å². The van der Waals surface area contributed by atoms with Gasteiger partial charge in [0.15, 0.2) is 12.6 Å². The highest BCUT2D eigenvalue weighted by Crippen LogP contribution is 2.29. The molecule has 106 valence electrons. The first-order valence-corrected chi connectivity index (χ1v) is 6.48. The van der Waals surface area contributed by atoms with E-state index in [4.69, 9.17) is 18.9 Å². The molecule has 6 nitrogen and oxygen atoms in total. The Balaban J connectivity index is 1.94. The smallest absolute Gasteiger partial charge is 0.186 e. The van der Waals surface area contributed by atoms with Crippen LogP contribution in [0.15, 0.2) is 0 Å². The lowest BCUT2D eigenvalue weighted by atomic mass is 9.98. The predicted molar refractivity (Wildman–Crippen MR) is 61.8 cm³/mol. The summed E-state index contributed by atoms with van der Waals surface area (Å²) in [6, 6.07) is 0. The van der Waals surface area contributed by atoms with Crippen molar-refractivity contribution in [2.24, 2.45) is 0 Å². The lowest BCUT2D eigenvalue weighted by molar-refractivity contribution is -0.356. The average molecular weight is 262 g/mol. The summed E-state index contributed by atoms with van der Waals surface area (Å²) in [7, 11) is 1.43. The molecule has 6 heteroatoms. The molecule has 3 unspecified atom stereocenters. The molecule has 0 amide bonds. The fourth-order valence-electron chi connectivity index (χ4n) is 2.34. The molecule has 2 aliphatic heterocycles. The van der Waals surface area contributed by atoms with Gasteiger partial charge in [0.2, 0.25) is 0 Å². The summed E-state index contributed by atoms with van der Waals surface area (Å²) in [5.74, 6) is 0. The van der Waals surface area contributed by atoms with Gasteiger partial charge in [-0.05, 0) is 12.8 Å². The van der Waals surface area contributed by atoms with Gasteiger partial charge in [0, 0.05) is 7.11 Å². The summed E-state index contributed by atoms with van der Waals surface area (Å²) in [5, 5.41) is 19.8. The Bertz CT molecular complexity index is 259. The molecule has 2 N–H and O–H groups in total. The normalized spacial score (nSPS) is 44.7. The molecule has 2 rings (SSSR count). The van der Waals surface area contributed by atoms with Crippen LogP contribution in [0.1, 0.15) is 26.2 Å². The van der Waals surface area contributed by atoms with E-state index in [1.165, 1.54) is 7.11 Å². The van der Waals surface area contributed by atoms with Gasteiger partial charge in [0.1, 0.15) is 24.4 Å². The topological polar surface area (TPSA) is 77.4 Å². The number of hydrogen-bond acceptors (Lipinski definition) is 6. The van der Waals surface area contributed by atoms with Crippen LogP contribution in [0.25, 0.3) is 0 Å². The van der Waals surface area contributed by atoms with Crippen LogP contribution < -0.4 is 0 Å². The zero-order valence-electron chi connectivity index (χ0n) is 10.8. The van der Waals surface area contributed by atoms with Crippen molar-refractivity contribution in [2.75, 3.05) is 13.7 Å². The van der Waals surface area contributed by atoms with Crippen LogP contribution in [0.2, 0.25) is 0 Å². The van der Waals surface area contributed by atoms with Crippen molar-refractivity contribution in [2.45, 2.75) is 63.2 Å². The summed E-state index contributed by atoms with van der Waals surface area (Å²) in [5.41, 5.74) is 0. The van der Waals surface area contributed by atoms with Gasteiger partial charge in [0.05, 0.1) is 6.61 Å². The second-order valence-corrected chi connectivity index (χ2v) is 4.77. The Morgan fingerprint density at radius 1 is 1.22 bits per heavy atom. The molecule has 6 atom stereocenters. The van der Waals surface area contributed by atoms with Gasteiger partial charge < -0.3 is 29.2 Å². The van der Waals surface area contributed by atoms with Gasteiger partial charge in [-0.3, -0.25) is 0 Å². The molecular formula is C12H22O6. The Morgan fingerprint density at radius 3 is 2.67 bits per heavy atom. The molecule has 0 spiro atoms. The van der Waals surface area contributed by atoms with Crippen molar-refractivity contribution in [1.82, 2.24) is 0 Å². The second kappa shape index (κ2) is 6.27. The molecule has 2 fully saturated rings. The summed E-state index contributed by atoms with van der Waals surface area (Å²) >= 11 is 0. The highest BCUT2D eigenvalue weighted by molar-refractivity contribution is 4.92. The summed E-state index contributed by atoms with van der Waals surface area (Å²) in [6.45, 7) is 2.44. The minimum absolute atomic E-state index is 0.323. The van der Waals surface area contributed by atoms with Gasteiger partial charge in [-0.25, -0.2) is 0 Å². The molecule has 2 saturated heterocycles. The van der Waals surface area contributed by atoms with E-state index in [0.29, 0.717) is 6.61 Å². The first-order valence-electron chi connectivity index (χ1n) is 6.48. The van der Waals surface area contributed by atoms with Crippen LogP contribution in [0.3, 0.4) is 0 Å². The number of fused-ring (bicyclic) bond motifs is 1. The van der Waals surface area contributed by atoms with Crippen LogP contribution in [-0.4, -0.2) is 60.9 Å². The molecule has 0 aromatic heterocycles. The summed E-state index contributed by atoms with van der Waals surface area (Å²) in [6.07, 6.45) is -1.36. The van der Waals surface area contributed by atoms with Gasteiger partial charge in [0.25, 0.3) is 0 Å². The van der Waals surface area contributed by atoms with E-state index < -0.39 is 30.7 Å². The molecular weight excluding hydrogens is 240 g/mol. The molecule has 0 saturated carbocycles. The fourth-order valence-corrected chi connectivity index (χ4v) is 2.34. The first-order chi connectivity index (χ1) is 8.67. The Kier molecular flexibility index (Phi) is 4.94. The third kappa shape index (κ3) is 2.84. The third-order valence-corrected chi connectivity index (χ3v) is 3.42. The van der Waals surface area contributed by atoms with Gasteiger partial charge in [-0.2, -0.15) is 0 Å². The minimum atomic E-state index is -1.10. The molecule has 2 aliphatic rings. The minimum Gasteiger partial charge on any atom is -0.387 e. The van der Waals surface area contributed by atoms with E-state index in [0.717, 1.165) is 19.3 Å². The van der Waals surface area contributed by atoms with Crippen molar-refractivity contribution in [1.29, 1.82) is 0 Å². The number of hydrogen-bond donors (Lipinski definition) is 2. The second-order valence-electron chi connectivity index (χ2n) is 4.77. The number of aliphatic hydroxyl groups excluding tert-OH is 2. The number of ether oxygens (including phenoxy) is 4. The monoisotopic (exact) mass is 262 g/mol. The lowest BCUT2D eigenvalue weighted by Crippen LogP contribution is -2.63. The maximum absolute atomic E-state index is 10.0. The highest BCUT2D eigenvalue weighted by atomic mass is 16.7. The largest absolute Gasteiger partial charge is 0.387 e. The maximum atomic E-state index is 10.0. The number of aliphatic hydroxyl groups is 2. The summed E-state index contributed by atoms with van der Waals surface area (Å²) < 4.78 is 21.6. The first kappa shape index (κ1) is 14.2. The van der Waals surface area contributed by atoms with E-state index in [1.807, 2.05) is 0 Å². The Labute approximate surface area is 107 Å². The number of unbranched alkanes of at least 4 members (excludes halogenated alkanes) is 1. The van der Waals surface area contributed by atoms with Crippen LogP contribution in [-0.2, 0) is 18.9 Å². The third-order valence-electron chi connectivity index (χ3n) is 3.42. The molecule has 0 aliphatic carbocycles. The Morgan fingerprint density at radius 2 is 2.00 bits per heavy atom. The molecule has 2 heterocycles. The van der Waals surface area contributed by atoms with Crippen molar-refractivity contribution in [3.05, 3.63) is 0 Å². The average Bonchev–Trinajstić information content (AvgIpc) is 2.40. The standard InChI is InChI=1S/C12H22O6/c1-3-4-5-8-16-6-7-11(18-8)9(13)10(14)12(15-2)17-7/h7-14H,3-6H2,1-2H3/t7?,8?,9-,10?,11-,12+/m1/s1. The highest BCUT2D eigenvalue weighted by Gasteiger charge is 2.48. The lowest BCUT2D eigenvalue weighted by Gasteiger charge is -2.45. The molecule has 0 radical (unpaired) electrons. The van der Waals surface area contributed by atoms with Gasteiger partial charge in [-0.15, -0.1) is 0 Å². The van der Waals surface area contributed by atoms with E-state index in [2.05, 4.69) is 6.92 Å². The fraction of sp³-hybridized carbons (Fsp3) is 1.00. The maximum Gasteiger partial charge on any atom is 0.186 e. The Hall–Kier alpha value is -0.240. The van der Waals surface area contributed by atoms with Gasteiger partial charge in [-0.1, -0.05) is 13.3 Å². The van der Waals surface area contributed by atoms with Crippen molar-refractivity contribution >= 4 is 0 Å². The van der Waals surface area contributed by atoms with Gasteiger partial charge >= 0.3 is 0 Å². The van der Waals surface area contributed by atoms with Crippen LogP contribution in [0, 0.1) is 0 Å². The summed E-state index contributed by atoms with van der Waals surface area (Å²) in [4.78, 5) is 0. The van der Waals surface area contributed by atoms with E-state index in [-0.39, 0.29) is 6.29 Å².